The number of aryl methyl sites for hydroxylation is 1. The van der Waals surface area contributed by atoms with Crippen molar-refractivity contribution < 1.29 is 9.21 Å². The number of nitrogens with one attached hydrogen (secondary N) is 1. The first-order valence-electron chi connectivity index (χ1n) is 5.96. The van der Waals surface area contributed by atoms with Crippen molar-refractivity contribution in [3.63, 3.8) is 0 Å². The van der Waals surface area contributed by atoms with Crippen LogP contribution in [0.2, 0.25) is 0 Å². The van der Waals surface area contributed by atoms with Crippen LogP contribution >= 0.6 is 12.2 Å². The molecule has 7 heteroatoms. The number of hydrogen-bond donors (Lipinski definition) is 2. The average molecular weight is 290 g/mol. The molecule has 0 saturated carbocycles. The van der Waals surface area contributed by atoms with Gasteiger partial charge in [-0.05, 0) is 26.0 Å². The van der Waals surface area contributed by atoms with E-state index in [0.717, 1.165) is 0 Å². The van der Waals surface area contributed by atoms with E-state index >= 15 is 0 Å². The Kier molecular flexibility index (Phi) is 4.09. The molecule has 0 aromatic carbocycles. The predicted octanol–water partition coefficient (Wildman–Crippen LogP) is 1.50. The van der Waals surface area contributed by atoms with Gasteiger partial charge in [0.1, 0.15) is 22.5 Å². The fourth-order valence-corrected chi connectivity index (χ4v) is 1.70. The SMILES string of the molecule is Cc1cnc(C(C)NC(=O)c2ccc(C(N)=S)cn2)o1. The first-order valence-corrected chi connectivity index (χ1v) is 6.37. The largest absolute Gasteiger partial charge is 0.444 e. The zero-order chi connectivity index (χ0) is 14.7. The van der Waals surface area contributed by atoms with E-state index in [-0.39, 0.29) is 22.6 Å². The first kappa shape index (κ1) is 14.1. The van der Waals surface area contributed by atoms with Gasteiger partial charge in [0.2, 0.25) is 5.89 Å². The van der Waals surface area contributed by atoms with Crippen molar-refractivity contribution in [3.05, 3.63) is 47.4 Å². The van der Waals surface area contributed by atoms with Gasteiger partial charge in [-0.15, -0.1) is 0 Å². The van der Waals surface area contributed by atoms with E-state index in [1.807, 2.05) is 0 Å². The third kappa shape index (κ3) is 3.18. The molecule has 1 unspecified atom stereocenters. The Morgan fingerprint density at radius 3 is 2.65 bits per heavy atom. The van der Waals surface area contributed by atoms with Gasteiger partial charge in [-0.2, -0.15) is 0 Å². The zero-order valence-corrected chi connectivity index (χ0v) is 11.9. The van der Waals surface area contributed by atoms with Gasteiger partial charge in [0.15, 0.2) is 0 Å². The molecule has 0 spiro atoms. The Hall–Kier alpha value is -2.28. The highest BCUT2D eigenvalue weighted by molar-refractivity contribution is 7.80. The molecule has 1 atom stereocenters. The van der Waals surface area contributed by atoms with Crippen LogP contribution in [0.25, 0.3) is 0 Å². The van der Waals surface area contributed by atoms with Crippen molar-refractivity contribution in [2.45, 2.75) is 19.9 Å². The molecule has 0 radical (unpaired) electrons. The molecule has 0 aliphatic heterocycles. The standard InChI is InChI=1S/C13H14N4O2S/c1-7-5-16-13(19-7)8(2)17-12(18)10-4-3-9(6-15-10)11(14)20/h3-6,8H,1-2H3,(H2,14,20)(H,17,18). The van der Waals surface area contributed by atoms with Crippen molar-refractivity contribution in [1.82, 2.24) is 15.3 Å². The summed E-state index contributed by atoms with van der Waals surface area (Å²) in [6.07, 6.45) is 3.07. The minimum absolute atomic E-state index is 0.244. The van der Waals surface area contributed by atoms with E-state index in [9.17, 15) is 4.79 Å². The second-order valence-electron chi connectivity index (χ2n) is 4.30. The molecule has 2 aromatic rings. The summed E-state index contributed by atoms with van der Waals surface area (Å²) in [5.41, 5.74) is 6.37. The third-order valence-corrected chi connectivity index (χ3v) is 2.87. The van der Waals surface area contributed by atoms with E-state index in [1.165, 1.54) is 6.20 Å². The lowest BCUT2D eigenvalue weighted by Gasteiger charge is -2.10. The number of amides is 1. The highest BCUT2D eigenvalue weighted by Crippen LogP contribution is 2.12. The van der Waals surface area contributed by atoms with Gasteiger partial charge < -0.3 is 15.5 Å². The summed E-state index contributed by atoms with van der Waals surface area (Å²) in [6, 6.07) is 2.88. The lowest BCUT2D eigenvalue weighted by molar-refractivity contribution is 0.0929. The molecular weight excluding hydrogens is 276 g/mol. The van der Waals surface area contributed by atoms with Crippen molar-refractivity contribution in [3.8, 4) is 0 Å². The Labute approximate surface area is 121 Å². The number of pyridine rings is 1. The highest BCUT2D eigenvalue weighted by atomic mass is 32.1. The van der Waals surface area contributed by atoms with Crippen LogP contribution in [0, 0.1) is 6.92 Å². The minimum atomic E-state index is -0.340. The van der Waals surface area contributed by atoms with Crippen LogP contribution in [0.4, 0.5) is 0 Å². The van der Waals surface area contributed by atoms with E-state index in [1.54, 1.807) is 32.2 Å². The van der Waals surface area contributed by atoms with Gasteiger partial charge in [0, 0.05) is 11.8 Å². The van der Waals surface area contributed by atoms with Crippen molar-refractivity contribution in [1.29, 1.82) is 0 Å². The molecular formula is C13H14N4O2S. The number of oxazole rings is 1. The number of thiocarbonyl (C=S) groups is 1. The van der Waals surface area contributed by atoms with Crippen LogP contribution in [0.1, 0.15) is 40.7 Å². The predicted molar refractivity (Wildman–Crippen MR) is 77.2 cm³/mol. The van der Waals surface area contributed by atoms with Crippen LogP contribution in [0.15, 0.2) is 28.9 Å². The van der Waals surface area contributed by atoms with Gasteiger partial charge in [0.05, 0.1) is 6.20 Å². The molecule has 0 bridgehead atoms. The smallest absolute Gasteiger partial charge is 0.270 e. The third-order valence-electron chi connectivity index (χ3n) is 2.64. The molecule has 1 amide bonds. The number of nitrogens with zero attached hydrogens (tertiary/aromatic N) is 2. The van der Waals surface area contributed by atoms with Crippen molar-refractivity contribution in [2.24, 2.45) is 5.73 Å². The zero-order valence-electron chi connectivity index (χ0n) is 11.1. The average Bonchev–Trinajstić information content (AvgIpc) is 2.85. The molecule has 0 saturated heterocycles. The molecule has 0 aliphatic carbocycles. The molecule has 0 aliphatic rings. The molecule has 2 aromatic heterocycles. The molecule has 3 N–H and O–H groups in total. The lowest BCUT2D eigenvalue weighted by Crippen LogP contribution is -2.27. The van der Waals surface area contributed by atoms with E-state index in [4.69, 9.17) is 22.4 Å². The van der Waals surface area contributed by atoms with Gasteiger partial charge in [-0.1, -0.05) is 12.2 Å². The maximum atomic E-state index is 12.0. The maximum Gasteiger partial charge on any atom is 0.270 e. The number of hydrogen-bond acceptors (Lipinski definition) is 5. The lowest BCUT2D eigenvalue weighted by atomic mass is 10.2. The van der Waals surface area contributed by atoms with Crippen LogP contribution in [0.3, 0.4) is 0 Å². The minimum Gasteiger partial charge on any atom is -0.444 e. The monoisotopic (exact) mass is 290 g/mol. The van der Waals surface area contributed by atoms with Gasteiger partial charge in [-0.3, -0.25) is 9.78 Å². The van der Waals surface area contributed by atoms with Gasteiger partial charge in [0.25, 0.3) is 5.91 Å². The van der Waals surface area contributed by atoms with Crippen molar-refractivity contribution >= 4 is 23.1 Å². The van der Waals surface area contributed by atoms with Crippen molar-refractivity contribution in [2.75, 3.05) is 0 Å². The summed E-state index contributed by atoms with van der Waals surface area (Å²) in [7, 11) is 0. The Bertz CT molecular complexity index is 636. The number of aromatic nitrogens is 2. The number of carbonyl (C=O) groups excluding carboxylic acids is 1. The Morgan fingerprint density at radius 2 is 2.15 bits per heavy atom. The van der Waals surface area contributed by atoms with E-state index in [0.29, 0.717) is 17.2 Å². The summed E-state index contributed by atoms with van der Waals surface area (Å²) in [6.45, 7) is 3.58. The van der Waals surface area contributed by atoms with Gasteiger partial charge >= 0.3 is 0 Å². The van der Waals surface area contributed by atoms with Crippen LogP contribution in [0.5, 0.6) is 0 Å². The van der Waals surface area contributed by atoms with Crippen LogP contribution < -0.4 is 11.1 Å². The Balaban J connectivity index is 2.06. The summed E-state index contributed by atoms with van der Waals surface area (Å²) in [5.74, 6) is 0.832. The number of nitrogens with two attached hydrogens (primary N) is 1. The first-order chi connectivity index (χ1) is 9.47. The van der Waals surface area contributed by atoms with E-state index in [2.05, 4.69) is 15.3 Å². The summed E-state index contributed by atoms with van der Waals surface area (Å²) >= 11 is 4.82. The molecule has 2 rings (SSSR count). The Morgan fingerprint density at radius 1 is 1.40 bits per heavy atom. The fourth-order valence-electron chi connectivity index (χ4n) is 1.58. The van der Waals surface area contributed by atoms with Gasteiger partial charge in [-0.25, -0.2) is 4.98 Å². The summed E-state index contributed by atoms with van der Waals surface area (Å²) in [4.78, 5) is 20.3. The quantitative estimate of drug-likeness (QED) is 0.829. The molecule has 0 fully saturated rings. The molecule has 2 heterocycles. The topological polar surface area (TPSA) is 94.0 Å². The second-order valence-corrected chi connectivity index (χ2v) is 4.74. The molecule has 104 valence electrons. The second kappa shape index (κ2) is 5.79. The fraction of sp³-hybridized carbons (Fsp3) is 0.231. The van der Waals surface area contributed by atoms with Crippen LogP contribution in [-0.4, -0.2) is 20.9 Å². The van der Waals surface area contributed by atoms with E-state index < -0.39 is 0 Å². The number of carbonyl (C=O) groups is 1. The normalized spacial score (nSPS) is 11.9. The summed E-state index contributed by atoms with van der Waals surface area (Å²) in [5, 5.41) is 2.75. The maximum absolute atomic E-state index is 12.0. The molecule has 6 nitrogen and oxygen atoms in total. The number of rotatable bonds is 4. The van der Waals surface area contributed by atoms with Crippen LogP contribution in [-0.2, 0) is 0 Å². The summed E-state index contributed by atoms with van der Waals surface area (Å²) < 4.78 is 5.35. The molecule has 20 heavy (non-hydrogen) atoms. The highest BCUT2D eigenvalue weighted by Gasteiger charge is 2.16.